The van der Waals surface area contributed by atoms with Gasteiger partial charge in [0.2, 0.25) is 5.91 Å². The van der Waals surface area contributed by atoms with E-state index in [4.69, 9.17) is 0 Å². The van der Waals surface area contributed by atoms with E-state index < -0.39 is 9.84 Å². The molecule has 1 saturated heterocycles. The molecule has 0 N–H and O–H groups in total. The van der Waals surface area contributed by atoms with E-state index in [1.54, 1.807) is 35.2 Å². The van der Waals surface area contributed by atoms with Crippen LogP contribution in [0.3, 0.4) is 0 Å². The minimum absolute atomic E-state index is 0.0205. The van der Waals surface area contributed by atoms with E-state index in [-0.39, 0.29) is 23.0 Å². The van der Waals surface area contributed by atoms with Crippen LogP contribution in [0.4, 0.5) is 0 Å². The number of nitrogens with zero attached hydrogens (tertiary/aromatic N) is 4. The van der Waals surface area contributed by atoms with E-state index in [0.29, 0.717) is 13.1 Å². The predicted molar refractivity (Wildman–Crippen MR) is 124 cm³/mol. The van der Waals surface area contributed by atoms with Crippen LogP contribution in [0, 0.1) is 0 Å². The summed E-state index contributed by atoms with van der Waals surface area (Å²) < 4.78 is 27.0. The van der Waals surface area contributed by atoms with Crippen molar-refractivity contribution in [2.24, 2.45) is 0 Å². The molecule has 1 aromatic heterocycles. The Morgan fingerprint density at radius 1 is 0.875 bits per heavy atom. The molecule has 0 bridgehead atoms. The summed E-state index contributed by atoms with van der Waals surface area (Å²) in [6, 6.07) is 18.4. The lowest BCUT2D eigenvalue weighted by Crippen LogP contribution is -2.49. The van der Waals surface area contributed by atoms with E-state index in [2.05, 4.69) is 26.6 Å². The molecule has 0 unspecified atom stereocenters. The van der Waals surface area contributed by atoms with Crippen LogP contribution in [-0.4, -0.2) is 72.2 Å². The Hall–Kier alpha value is -2.97. The maximum atomic E-state index is 12.6. The maximum absolute atomic E-state index is 12.6. The summed E-state index contributed by atoms with van der Waals surface area (Å²) in [7, 11) is -3.43. The van der Waals surface area contributed by atoms with Gasteiger partial charge in [-0.2, -0.15) is 0 Å². The molecular formula is C24H28N4O3S. The first kappa shape index (κ1) is 22.2. The minimum atomic E-state index is -3.43. The molecule has 0 spiro atoms. The molecule has 1 aliphatic heterocycles. The highest BCUT2D eigenvalue weighted by atomic mass is 32.2. The third-order valence-corrected chi connectivity index (χ3v) is 7.55. The number of hydrogen-bond acceptors (Lipinski definition) is 5. The van der Waals surface area contributed by atoms with Crippen LogP contribution in [0.1, 0.15) is 6.42 Å². The minimum Gasteiger partial charge on any atom is -0.340 e. The lowest BCUT2D eigenvalue weighted by molar-refractivity contribution is -0.132. The van der Waals surface area contributed by atoms with E-state index >= 15 is 0 Å². The predicted octanol–water partition coefficient (Wildman–Crippen LogP) is 2.56. The van der Waals surface area contributed by atoms with E-state index in [9.17, 15) is 13.2 Å². The van der Waals surface area contributed by atoms with Gasteiger partial charge >= 0.3 is 0 Å². The quantitative estimate of drug-likeness (QED) is 0.525. The van der Waals surface area contributed by atoms with Gasteiger partial charge in [0.25, 0.3) is 0 Å². The molecule has 1 aliphatic rings. The fourth-order valence-corrected chi connectivity index (χ4v) is 5.18. The second kappa shape index (κ2) is 10.1. The van der Waals surface area contributed by atoms with Crippen LogP contribution in [-0.2, 0) is 21.2 Å². The fourth-order valence-electron chi connectivity index (χ4n) is 3.93. The zero-order valence-electron chi connectivity index (χ0n) is 18.0. The molecule has 2 aromatic carbocycles. The van der Waals surface area contributed by atoms with Crippen molar-refractivity contribution in [3.63, 3.8) is 0 Å². The number of rotatable bonds is 8. The van der Waals surface area contributed by atoms with Crippen molar-refractivity contribution in [1.29, 1.82) is 0 Å². The smallest absolute Gasteiger partial charge is 0.223 e. The number of piperazine rings is 1. The monoisotopic (exact) mass is 452 g/mol. The normalized spacial score (nSPS) is 15.1. The van der Waals surface area contributed by atoms with Crippen molar-refractivity contribution in [3.05, 3.63) is 73.1 Å². The first-order chi connectivity index (χ1) is 15.5. The average molecular weight is 453 g/mol. The van der Waals surface area contributed by atoms with Crippen molar-refractivity contribution in [3.8, 4) is 11.4 Å². The number of carbonyl (C=O) groups excluding carboxylic acids is 1. The molecule has 0 aliphatic carbocycles. The molecule has 32 heavy (non-hydrogen) atoms. The number of hydrogen-bond donors (Lipinski definition) is 0. The zero-order chi connectivity index (χ0) is 22.4. The van der Waals surface area contributed by atoms with Gasteiger partial charge in [-0.15, -0.1) is 0 Å². The van der Waals surface area contributed by atoms with E-state index in [1.165, 1.54) is 0 Å². The van der Waals surface area contributed by atoms with Crippen LogP contribution in [0.25, 0.3) is 11.4 Å². The van der Waals surface area contributed by atoms with Crippen LogP contribution in [0.5, 0.6) is 0 Å². The first-order valence-corrected chi connectivity index (χ1v) is 12.5. The van der Waals surface area contributed by atoms with E-state index in [1.807, 2.05) is 30.6 Å². The Morgan fingerprint density at radius 3 is 2.22 bits per heavy atom. The zero-order valence-corrected chi connectivity index (χ0v) is 18.8. The van der Waals surface area contributed by atoms with Crippen molar-refractivity contribution in [2.45, 2.75) is 17.9 Å². The molecule has 1 fully saturated rings. The average Bonchev–Trinajstić information content (AvgIpc) is 3.31. The van der Waals surface area contributed by atoms with Gasteiger partial charge in [-0.1, -0.05) is 48.5 Å². The molecule has 8 heteroatoms. The number of amides is 1. The highest BCUT2D eigenvalue weighted by Gasteiger charge is 2.23. The first-order valence-electron chi connectivity index (χ1n) is 10.9. The van der Waals surface area contributed by atoms with E-state index in [0.717, 1.165) is 37.6 Å². The number of imidazole rings is 1. The van der Waals surface area contributed by atoms with Gasteiger partial charge in [-0.3, -0.25) is 9.69 Å². The SMILES string of the molecule is O=C(CCS(=O)(=O)c1ccccc1)N1CCN(CCn2ccnc2-c2ccccc2)CC1. The molecule has 0 atom stereocenters. The molecule has 1 amide bonds. The highest BCUT2D eigenvalue weighted by Crippen LogP contribution is 2.17. The maximum Gasteiger partial charge on any atom is 0.223 e. The third kappa shape index (κ3) is 5.44. The summed E-state index contributed by atoms with van der Waals surface area (Å²) in [4.78, 5) is 21.4. The highest BCUT2D eigenvalue weighted by molar-refractivity contribution is 7.91. The topological polar surface area (TPSA) is 75.5 Å². The summed E-state index contributed by atoms with van der Waals surface area (Å²) in [5.41, 5.74) is 1.10. The Bertz CT molecular complexity index is 1120. The van der Waals surface area contributed by atoms with Gasteiger partial charge in [0, 0.05) is 63.6 Å². The Labute approximate surface area is 189 Å². The number of benzene rings is 2. The van der Waals surface area contributed by atoms with Crippen molar-refractivity contribution >= 4 is 15.7 Å². The Morgan fingerprint density at radius 2 is 1.53 bits per heavy atom. The van der Waals surface area contributed by atoms with Crippen LogP contribution >= 0.6 is 0 Å². The molecule has 168 valence electrons. The summed E-state index contributed by atoms with van der Waals surface area (Å²) >= 11 is 0. The lowest BCUT2D eigenvalue weighted by atomic mass is 10.2. The molecular weight excluding hydrogens is 424 g/mol. The number of aromatic nitrogens is 2. The molecule has 7 nitrogen and oxygen atoms in total. The molecule has 2 heterocycles. The standard InChI is InChI=1S/C24H28N4O3S/c29-23(11-20-32(30,31)22-9-5-2-6-10-22)27-17-14-26(15-18-27)16-19-28-13-12-25-24(28)21-7-3-1-4-8-21/h1-10,12-13H,11,14-20H2. The summed E-state index contributed by atoms with van der Waals surface area (Å²) in [5, 5.41) is 0. The lowest BCUT2D eigenvalue weighted by Gasteiger charge is -2.35. The largest absolute Gasteiger partial charge is 0.340 e. The van der Waals surface area contributed by atoms with Gasteiger partial charge in [0.05, 0.1) is 10.6 Å². The summed E-state index contributed by atoms with van der Waals surface area (Å²) in [5.74, 6) is 0.711. The van der Waals surface area contributed by atoms with Gasteiger partial charge in [-0.25, -0.2) is 13.4 Å². The summed E-state index contributed by atoms with van der Waals surface area (Å²) in [6.07, 6.45) is 3.84. The number of carbonyl (C=O) groups is 1. The third-order valence-electron chi connectivity index (χ3n) is 5.82. The molecule has 0 saturated carbocycles. The second-order valence-corrected chi connectivity index (χ2v) is 10.0. The molecule has 4 rings (SSSR count). The van der Waals surface area contributed by atoms with Crippen molar-refractivity contribution in [1.82, 2.24) is 19.4 Å². The Balaban J connectivity index is 1.24. The van der Waals surface area contributed by atoms with Crippen LogP contribution in [0.2, 0.25) is 0 Å². The second-order valence-electron chi connectivity index (χ2n) is 7.91. The van der Waals surface area contributed by atoms with Gasteiger partial charge in [0.1, 0.15) is 5.82 Å². The van der Waals surface area contributed by atoms with Crippen molar-refractivity contribution in [2.75, 3.05) is 38.5 Å². The Kier molecular flexibility index (Phi) is 7.02. The van der Waals surface area contributed by atoms with Crippen LogP contribution in [0.15, 0.2) is 78.0 Å². The molecule has 0 radical (unpaired) electrons. The fraction of sp³-hybridized carbons (Fsp3) is 0.333. The van der Waals surface area contributed by atoms with Crippen LogP contribution < -0.4 is 0 Å². The molecule has 3 aromatic rings. The van der Waals surface area contributed by atoms with Crippen molar-refractivity contribution < 1.29 is 13.2 Å². The van der Waals surface area contributed by atoms with Gasteiger partial charge < -0.3 is 9.47 Å². The van der Waals surface area contributed by atoms with Gasteiger partial charge in [-0.05, 0) is 12.1 Å². The summed E-state index contributed by atoms with van der Waals surface area (Å²) in [6.45, 7) is 4.52. The number of sulfone groups is 1. The van der Waals surface area contributed by atoms with Gasteiger partial charge in [0.15, 0.2) is 9.84 Å².